The highest BCUT2D eigenvalue weighted by atomic mass is 16.2. The van der Waals surface area contributed by atoms with E-state index >= 15 is 0 Å². The second kappa shape index (κ2) is 6.96. The smallest absolute Gasteiger partial charge is 0.306 e. The predicted molar refractivity (Wildman–Crippen MR) is 107 cm³/mol. The van der Waals surface area contributed by atoms with Crippen LogP contribution in [0.1, 0.15) is 15.9 Å². The Kier molecular flexibility index (Phi) is 4.33. The van der Waals surface area contributed by atoms with E-state index in [4.69, 9.17) is 0 Å². The van der Waals surface area contributed by atoms with Crippen LogP contribution < -0.4 is 16.6 Å². The number of aromatic amines is 1. The number of H-pyrrole nitrogens is 1. The van der Waals surface area contributed by atoms with Crippen molar-refractivity contribution in [2.75, 3.05) is 5.32 Å². The van der Waals surface area contributed by atoms with Gasteiger partial charge < -0.3 is 10.3 Å². The molecular weight excluding hydrogens is 356 g/mol. The number of hydrogen-bond donors (Lipinski definition) is 2. The van der Waals surface area contributed by atoms with Gasteiger partial charge in [-0.2, -0.15) is 0 Å². The summed E-state index contributed by atoms with van der Waals surface area (Å²) in [4.78, 5) is 44.6. The number of anilines is 1. The SMILES string of the molecule is Cc1cccnc1NC(=O)c1ccc2c(=O)n(-c3ccccc3)c(=O)[nH]c2c1. The Bertz CT molecular complexity index is 1310. The Morgan fingerprint density at radius 3 is 2.57 bits per heavy atom. The number of aromatic nitrogens is 3. The quantitative estimate of drug-likeness (QED) is 0.578. The Hall–Kier alpha value is -4.00. The molecule has 0 spiro atoms. The summed E-state index contributed by atoms with van der Waals surface area (Å²) in [5.41, 5.74) is 0.899. The lowest BCUT2D eigenvalue weighted by molar-refractivity contribution is 0.102. The minimum Gasteiger partial charge on any atom is -0.306 e. The Morgan fingerprint density at radius 2 is 1.82 bits per heavy atom. The first-order chi connectivity index (χ1) is 13.5. The van der Waals surface area contributed by atoms with E-state index < -0.39 is 11.2 Å². The lowest BCUT2D eigenvalue weighted by Gasteiger charge is -2.09. The second-order valence-corrected chi connectivity index (χ2v) is 6.29. The number of pyridine rings is 1. The van der Waals surface area contributed by atoms with Crippen LogP contribution in [0.2, 0.25) is 0 Å². The molecule has 4 aromatic rings. The number of carbonyl (C=O) groups is 1. The number of para-hydroxylation sites is 1. The molecule has 0 saturated heterocycles. The maximum absolute atomic E-state index is 12.8. The molecule has 7 heteroatoms. The number of hydrogen-bond acceptors (Lipinski definition) is 4. The van der Waals surface area contributed by atoms with E-state index in [-0.39, 0.29) is 5.91 Å². The van der Waals surface area contributed by atoms with E-state index in [1.165, 1.54) is 12.1 Å². The number of carbonyl (C=O) groups excluding carboxylic acids is 1. The van der Waals surface area contributed by atoms with Crippen molar-refractivity contribution < 1.29 is 4.79 Å². The van der Waals surface area contributed by atoms with E-state index in [9.17, 15) is 14.4 Å². The topological polar surface area (TPSA) is 96.8 Å². The fraction of sp³-hybridized carbons (Fsp3) is 0.0476. The summed E-state index contributed by atoms with van der Waals surface area (Å²) in [7, 11) is 0. The second-order valence-electron chi connectivity index (χ2n) is 6.29. The number of rotatable bonds is 3. The van der Waals surface area contributed by atoms with Crippen molar-refractivity contribution in [3.63, 3.8) is 0 Å². The zero-order chi connectivity index (χ0) is 19.7. The lowest BCUT2D eigenvalue weighted by atomic mass is 10.1. The highest BCUT2D eigenvalue weighted by Crippen LogP contribution is 2.14. The van der Waals surface area contributed by atoms with Crippen LogP contribution in [0.3, 0.4) is 0 Å². The van der Waals surface area contributed by atoms with Crippen molar-refractivity contribution >= 4 is 22.6 Å². The van der Waals surface area contributed by atoms with Gasteiger partial charge in [0.05, 0.1) is 16.6 Å². The molecule has 0 fully saturated rings. The number of nitrogens with one attached hydrogen (secondary N) is 2. The lowest BCUT2D eigenvalue weighted by Crippen LogP contribution is -2.33. The van der Waals surface area contributed by atoms with Crippen LogP contribution in [0.5, 0.6) is 0 Å². The van der Waals surface area contributed by atoms with E-state index in [0.717, 1.165) is 10.1 Å². The number of nitrogens with zero attached hydrogens (tertiary/aromatic N) is 2. The van der Waals surface area contributed by atoms with Gasteiger partial charge in [0.1, 0.15) is 5.82 Å². The van der Waals surface area contributed by atoms with Gasteiger partial charge in [-0.25, -0.2) is 14.3 Å². The van der Waals surface area contributed by atoms with Crippen LogP contribution in [0.15, 0.2) is 76.4 Å². The van der Waals surface area contributed by atoms with Crippen molar-refractivity contribution in [2.24, 2.45) is 0 Å². The van der Waals surface area contributed by atoms with Gasteiger partial charge >= 0.3 is 5.69 Å². The van der Waals surface area contributed by atoms with Gasteiger partial charge in [-0.1, -0.05) is 24.3 Å². The molecule has 0 unspecified atom stereocenters. The van der Waals surface area contributed by atoms with Crippen molar-refractivity contribution in [3.05, 3.63) is 98.8 Å². The molecule has 2 aromatic heterocycles. The predicted octanol–water partition coefficient (Wildman–Crippen LogP) is 2.63. The maximum atomic E-state index is 12.8. The van der Waals surface area contributed by atoms with Gasteiger partial charge in [-0.05, 0) is 48.9 Å². The third-order valence-corrected chi connectivity index (χ3v) is 4.42. The zero-order valence-electron chi connectivity index (χ0n) is 15.0. The van der Waals surface area contributed by atoms with Crippen LogP contribution >= 0.6 is 0 Å². The summed E-state index contributed by atoms with van der Waals surface area (Å²) >= 11 is 0. The molecule has 7 nitrogen and oxygen atoms in total. The maximum Gasteiger partial charge on any atom is 0.333 e. The molecule has 138 valence electrons. The highest BCUT2D eigenvalue weighted by Gasteiger charge is 2.13. The van der Waals surface area contributed by atoms with Crippen molar-refractivity contribution in [1.82, 2.24) is 14.5 Å². The van der Waals surface area contributed by atoms with Gasteiger partial charge in [0, 0.05) is 11.8 Å². The first-order valence-electron chi connectivity index (χ1n) is 8.62. The van der Waals surface area contributed by atoms with Crippen molar-refractivity contribution in [2.45, 2.75) is 6.92 Å². The number of benzene rings is 2. The monoisotopic (exact) mass is 372 g/mol. The molecule has 0 aliphatic rings. The minimum atomic E-state index is -0.568. The van der Waals surface area contributed by atoms with Gasteiger partial charge in [0.25, 0.3) is 11.5 Å². The fourth-order valence-electron chi connectivity index (χ4n) is 2.97. The van der Waals surface area contributed by atoms with Crippen LogP contribution in [0, 0.1) is 6.92 Å². The van der Waals surface area contributed by atoms with Gasteiger partial charge in [0.2, 0.25) is 0 Å². The van der Waals surface area contributed by atoms with Crippen molar-refractivity contribution in [3.8, 4) is 5.69 Å². The van der Waals surface area contributed by atoms with Crippen LogP contribution in [0.4, 0.5) is 5.82 Å². The summed E-state index contributed by atoms with van der Waals surface area (Å²) in [5.74, 6) is 0.0809. The molecule has 0 saturated carbocycles. The molecule has 0 radical (unpaired) electrons. The molecule has 2 aromatic carbocycles. The molecule has 2 N–H and O–H groups in total. The summed E-state index contributed by atoms with van der Waals surface area (Å²) in [6.45, 7) is 1.84. The average Bonchev–Trinajstić information content (AvgIpc) is 2.70. The zero-order valence-corrected chi connectivity index (χ0v) is 15.0. The molecule has 1 amide bonds. The normalized spacial score (nSPS) is 10.8. The third-order valence-electron chi connectivity index (χ3n) is 4.42. The molecule has 0 aliphatic heterocycles. The molecule has 4 rings (SSSR count). The first-order valence-corrected chi connectivity index (χ1v) is 8.62. The van der Waals surface area contributed by atoms with E-state index in [0.29, 0.717) is 28.0 Å². The molecule has 2 heterocycles. The first kappa shape index (κ1) is 17.4. The largest absolute Gasteiger partial charge is 0.333 e. The van der Waals surface area contributed by atoms with Gasteiger partial charge in [-0.15, -0.1) is 0 Å². The number of amides is 1. The fourth-order valence-corrected chi connectivity index (χ4v) is 2.97. The molecule has 0 atom stereocenters. The summed E-state index contributed by atoms with van der Waals surface area (Å²) < 4.78 is 1.07. The van der Waals surface area contributed by atoms with E-state index in [1.54, 1.807) is 48.7 Å². The molecule has 0 bridgehead atoms. The Morgan fingerprint density at radius 1 is 1.04 bits per heavy atom. The van der Waals surface area contributed by atoms with Crippen molar-refractivity contribution in [1.29, 1.82) is 0 Å². The van der Waals surface area contributed by atoms with Gasteiger partial charge in [-0.3, -0.25) is 9.59 Å². The van der Waals surface area contributed by atoms with E-state index in [1.807, 2.05) is 13.0 Å². The molecule has 0 aliphatic carbocycles. The standard InChI is InChI=1S/C21H16N4O3/c1-13-6-5-11-22-18(13)24-19(26)14-9-10-16-17(12-14)23-21(28)25(20(16)27)15-7-3-2-4-8-15/h2-12H,1H3,(H,23,28)(H,22,24,26). The minimum absolute atomic E-state index is 0.299. The summed E-state index contributed by atoms with van der Waals surface area (Å²) in [6.07, 6.45) is 1.59. The van der Waals surface area contributed by atoms with Gasteiger partial charge in [0.15, 0.2) is 0 Å². The van der Waals surface area contributed by atoms with Crippen LogP contribution in [-0.4, -0.2) is 20.4 Å². The summed E-state index contributed by atoms with van der Waals surface area (Å²) in [6, 6.07) is 16.9. The van der Waals surface area contributed by atoms with Crippen LogP contribution in [0.25, 0.3) is 16.6 Å². The molecule has 28 heavy (non-hydrogen) atoms. The summed E-state index contributed by atoms with van der Waals surface area (Å²) in [5, 5.41) is 3.05. The highest BCUT2D eigenvalue weighted by molar-refractivity contribution is 6.05. The Balaban J connectivity index is 1.76. The molecular formula is C21H16N4O3. The average molecular weight is 372 g/mol. The van der Waals surface area contributed by atoms with E-state index in [2.05, 4.69) is 15.3 Å². The number of fused-ring (bicyclic) bond motifs is 1. The number of aryl methyl sites for hydroxylation is 1. The third kappa shape index (κ3) is 3.09. The Labute approximate surface area is 159 Å². The van der Waals surface area contributed by atoms with Crippen LogP contribution in [-0.2, 0) is 0 Å².